The summed E-state index contributed by atoms with van der Waals surface area (Å²) >= 11 is 1.66. The second-order valence-electron chi connectivity index (χ2n) is 6.34. The zero-order valence-corrected chi connectivity index (χ0v) is 18.8. The smallest absolute Gasteiger partial charge is 0.191 e. The van der Waals surface area contributed by atoms with E-state index in [2.05, 4.69) is 39.8 Å². The molecule has 5 nitrogen and oxygen atoms in total. The van der Waals surface area contributed by atoms with Gasteiger partial charge in [0.05, 0.1) is 12.2 Å². The first-order valence-electron chi connectivity index (χ1n) is 7.51. The standard InChI is InChI=1S/C15H28N4OS2.HI/c1-11(2)12-10-21-13(19-12)9-18-14(16-6)17-7-8-22(20)15(3,4)5;/h10-11H,7-9H2,1-6H3,(H2,16,17,18);1H. The lowest BCUT2D eigenvalue weighted by atomic mass is 10.2. The van der Waals surface area contributed by atoms with E-state index >= 15 is 0 Å². The molecule has 2 N–H and O–H groups in total. The highest BCUT2D eigenvalue weighted by Gasteiger charge is 2.18. The van der Waals surface area contributed by atoms with Crippen molar-refractivity contribution < 1.29 is 4.21 Å². The fourth-order valence-corrected chi connectivity index (χ4v) is 3.41. The van der Waals surface area contributed by atoms with E-state index in [9.17, 15) is 4.21 Å². The Morgan fingerprint density at radius 2 is 2.04 bits per heavy atom. The molecule has 134 valence electrons. The second kappa shape index (κ2) is 10.6. The van der Waals surface area contributed by atoms with Gasteiger partial charge in [-0.15, -0.1) is 35.3 Å². The lowest BCUT2D eigenvalue weighted by Crippen LogP contribution is -2.40. The Kier molecular flexibility index (Phi) is 10.5. The van der Waals surface area contributed by atoms with Crippen LogP contribution in [0.4, 0.5) is 0 Å². The van der Waals surface area contributed by atoms with E-state index in [0.29, 0.717) is 30.7 Å². The fraction of sp³-hybridized carbons (Fsp3) is 0.733. The van der Waals surface area contributed by atoms with Crippen molar-refractivity contribution in [2.45, 2.75) is 51.8 Å². The van der Waals surface area contributed by atoms with Gasteiger partial charge in [0.1, 0.15) is 5.01 Å². The van der Waals surface area contributed by atoms with Gasteiger partial charge < -0.3 is 10.6 Å². The van der Waals surface area contributed by atoms with Crippen LogP contribution in [0.1, 0.15) is 51.2 Å². The number of rotatable bonds is 6. The molecule has 1 atom stereocenters. The van der Waals surface area contributed by atoms with Gasteiger partial charge in [-0.25, -0.2) is 4.98 Å². The normalized spacial score (nSPS) is 13.6. The van der Waals surface area contributed by atoms with Crippen LogP contribution in [0.3, 0.4) is 0 Å². The molecule has 0 amide bonds. The zero-order valence-electron chi connectivity index (χ0n) is 14.8. The minimum atomic E-state index is -0.853. The Labute approximate surface area is 163 Å². The van der Waals surface area contributed by atoms with Gasteiger partial charge in [-0.3, -0.25) is 9.20 Å². The highest BCUT2D eigenvalue weighted by Crippen LogP contribution is 2.17. The SMILES string of the molecule is CN=C(NCCS(=O)C(C)(C)C)NCc1nc(C(C)C)cs1.I. The van der Waals surface area contributed by atoms with Gasteiger partial charge in [-0.2, -0.15) is 0 Å². The van der Waals surface area contributed by atoms with E-state index in [-0.39, 0.29) is 28.7 Å². The Balaban J connectivity index is 0.00000484. The molecule has 0 aliphatic rings. The number of thiazole rings is 1. The number of hydrogen-bond acceptors (Lipinski definition) is 4. The summed E-state index contributed by atoms with van der Waals surface area (Å²) in [6.45, 7) is 11.5. The monoisotopic (exact) mass is 472 g/mol. The molecule has 8 heteroatoms. The molecule has 1 rings (SSSR count). The molecule has 0 saturated heterocycles. The minimum Gasteiger partial charge on any atom is -0.355 e. The first-order chi connectivity index (χ1) is 10.2. The molecular formula is C15H29IN4OS2. The molecule has 0 aliphatic carbocycles. The maximum Gasteiger partial charge on any atom is 0.191 e. The van der Waals surface area contributed by atoms with Gasteiger partial charge in [0.25, 0.3) is 0 Å². The van der Waals surface area contributed by atoms with E-state index < -0.39 is 10.8 Å². The molecular weight excluding hydrogens is 443 g/mol. The Hall–Kier alpha value is -0.220. The van der Waals surface area contributed by atoms with Gasteiger partial charge in [-0.05, 0) is 26.7 Å². The molecule has 0 radical (unpaired) electrons. The third-order valence-corrected chi connectivity index (χ3v) is 5.86. The van der Waals surface area contributed by atoms with Gasteiger partial charge >= 0.3 is 0 Å². The summed E-state index contributed by atoms with van der Waals surface area (Å²) in [5, 5.41) is 9.58. The van der Waals surface area contributed by atoms with Gasteiger partial charge in [0.2, 0.25) is 0 Å². The van der Waals surface area contributed by atoms with Crippen LogP contribution in [0, 0.1) is 0 Å². The van der Waals surface area contributed by atoms with Gasteiger partial charge in [0.15, 0.2) is 5.96 Å². The van der Waals surface area contributed by atoms with Crippen molar-refractivity contribution in [3.05, 3.63) is 16.1 Å². The van der Waals surface area contributed by atoms with E-state index in [0.717, 1.165) is 10.7 Å². The molecule has 1 unspecified atom stereocenters. The first kappa shape index (κ1) is 22.8. The molecule has 0 spiro atoms. The third kappa shape index (κ3) is 8.44. The van der Waals surface area contributed by atoms with Crippen LogP contribution in [0.15, 0.2) is 10.4 Å². The van der Waals surface area contributed by atoms with Crippen molar-refractivity contribution in [1.82, 2.24) is 15.6 Å². The Bertz CT molecular complexity index is 524. The van der Waals surface area contributed by atoms with Crippen LogP contribution in [0.25, 0.3) is 0 Å². The summed E-state index contributed by atoms with van der Waals surface area (Å²) in [6, 6.07) is 0. The number of aromatic nitrogens is 1. The van der Waals surface area contributed by atoms with Crippen molar-refractivity contribution in [2.24, 2.45) is 4.99 Å². The number of guanidine groups is 1. The molecule has 0 saturated carbocycles. The molecule has 23 heavy (non-hydrogen) atoms. The van der Waals surface area contributed by atoms with E-state index in [4.69, 9.17) is 0 Å². The van der Waals surface area contributed by atoms with Gasteiger partial charge in [0, 0.05) is 40.3 Å². The van der Waals surface area contributed by atoms with E-state index in [1.165, 1.54) is 0 Å². The van der Waals surface area contributed by atoms with Crippen molar-refractivity contribution in [3.63, 3.8) is 0 Å². The predicted molar refractivity (Wildman–Crippen MR) is 113 cm³/mol. The van der Waals surface area contributed by atoms with Crippen molar-refractivity contribution >= 4 is 52.1 Å². The lowest BCUT2D eigenvalue weighted by molar-refractivity contribution is 0.647. The number of aliphatic imine (C=N–C) groups is 1. The lowest BCUT2D eigenvalue weighted by Gasteiger charge is -2.18. The quantitative estimate of drug-likeness (QED) is 0.380. The summed E-state index contributed by atoms with van der Waals surface area (Å²) in [5.74, 6) is 1.78. The first-order valence-corrected chi connectivity index (χ1v) is 9.71. The Morgan fingerprint density at radius 3 is 2.52 bits per heavy atom. The van der Waals surface area contributed by atoms with Crippen LogP contribution in [0.2, 0.25) is 0 Å². The number of hydrogen-bond donors (Lipinski definition) is 2. The van der Waals surface area contributed by atoms with Gasteiger partial charge in [-0.1, -0.05) is 13.8 Å². The summed E-state index contributed by atoms with van der Waals surface area (Å²) in [7, 11) is 0.880. The highest BCUT2D eigenvalue weighted by molar-refractivity contribution is 14.0. The van der Waals surface area contributed by atoms with Crippen LogP contribution in [0.5, 0.6) is 0 Å². The number of nitrogens with one attached hydrogen (secondary N) is 2. The maximum absolute atomic E-state index is 12.0. The van der Waals surface area contributed by atoms with Crippen LogP contribution >= 0.6 is 35.3 Å². The van der Waals surface area contributed by atoms with E-state index in [1.54, 1.807) is 18.4 Å². The molecule has 0 aliphatic heterocycles. The summed E-state index contributed by atoms with van der Waals surface area (Å²) < 4.78 is 11.8. The highest BCUT2D eigenvalue weighted by atomic mass is 127. The number of halogens is 1. The van der Waals surface area contributed by atoms with Crippen molar-refractivity contribution in [1.29, 1.82) is 0 Å². The van der Waals surface area contributed by atoms with Crippen LogP contribution in [-0.4, -0.2) is 39.2 Å². The molecule has 0 aromatic carbocycles. The molecule has 0 fully saturated rings. The third-order valence-electron chi connectivity index (χ3n) is 3.05. The fourth-order valence-electron chi connectivity index (χ4n) is 1.62. The molecule has 1 heterocycles. The van der Waals surface area contributed by atoms with E-state index in [1.807, 2.05) is 20.8 Å². The minimum absolute atomic E-state index is 0. The summed E-state index contributed by atoms with van der Waals surface area (Å²) in [6.07, 6.45) is 0. The second-order valence-corrected chi connectivity index (χ2v) is 9.60. The Morgan fingerprint density at radius 1 is 1.39 bits per heavy atom. The maximum atomic E-state index is 12.0. The molecule has 1 aromatic rings. The topological polar surface area (TPSA) is 66.4 Å². The van der Waals surface area contributed by atoms with Crippen molar-refractivity contribution in [3.8, 4) is 0 Å². The average Bonchev–Trinajstić information content (AvgIpc) is 2.90. The summed E-state index contributed by atoms with van der Waals surface area (Å²) in [4.78, 5) is 8.76. The predicted octanol–water partition coefficient (Wildman–Crippen LogP) is 3.10. The van der Waals surface area contributed by atoms with Crippen molar-refractivity contribution in [2.75, 3.05) is 19.3 Å². The van der Waals surface area contributed by atoms with Crippen LogP contribution < -0.4 is 10.6 Å². The number of nitrogens with zero attached hydrogens (tertiary/aromatic N) is 2. The largest absolute Gasteiger partial charge is 0.355 e. The summed E-state index contributed by atoms with van der Waals surface area (Å²) in [5.41, 5.74) is 1.13. The van der Waals surface area contributed by atoms with Crippen LogP contribution in [-0.2, 0) is 17.3 Å². The molecule has 1 aromatic heterocycles. The molecule has 0 bridgehead atoms. The average molecular weight is 472 g/mol. The zero-order chi connectivity index (χ0) is 16.8.